The van der Waals surface area contributed by atoms with E-state index >= 15 is 0 Å². The topological polar surface area (TPSA) is 106 Å². The van der Waals surface area contributed by atoms with Gasteiger partial charge >= 0.3 is 0 Å². The van der Waals surface area contributed by atoms with Crippen molar-refractivity contribution in [3.63, 3.8) is 0 Å². The van der Waals surface area contributed by atoms with Crippen molar-refractivity contribution in [2.24, 2.45) is 5.92 Å². The van der Waals surface area contributed by atoms with Crippen molar-refractivity contribution in [1.82, 2.24) is 15.5 Å². The second-order valence-corrected chi connectivity index (χ2v) is 11.9. The van der Waals surface area contributed by atoms with Crippen LogP contribution in [0.3, 0.4) is 0 Å². The average molecular weight is 551 g/mol. The Morgan fingerprint density at radius 2 is 1.85 bits per heavy atom. The van der Waals surface area contributed by atoms with E-state index in [9.17, 15) is 14.7 Å². The molecule has 6 rings (SSSR count). The summed E-state index contributed by atoms with van der Waals surface area (Å²) in [4.78, 5) is 28.9. The Hall–Kier alpha value is -3.97. The Labute approximate surface area is 241 Å². The fraction of sp³-hybridized carbons (Fsp3) is 0.382. The van der Waals surface area contributed by atoms with Gasteiger partial charge in [0.25, 0.3) is 5.91 Å². The zero-order chi connectivity index (χ0) is 28.6. The number of aliphatic hydroxyl groups excluding tert-OH is 1. The van der Waals surface area contributed by atoms with Gasteiger partial charge < -0.3 is 15.7 Å². The van der Waals surface area contributed by atoms with Gasteiger partial charge in [0.1, 0.15) is 0 Å². The number of nitrogens with one attached hydrogen (secondary N) is 3. The zero-order valence-corrected chi connectivity index (χ0v) is 23.5. The Morgan fingerprint density at radius 3 is 2.59 bits per heavy atom. The minimum atomic E-state index is -0.676. The lowest BCUT2D eigenvalue weighted by atomic mass is 9.79. The quantitative estimate of drug-likeness (QED) is 0.288. The van der Waals surface area contributed by atoms with Crippen molar-refractivity contribution >= 4 is 17.8 Å². The third kappa shape index (κ3) is 5.38. The summed E-state index contributed by atoms with van der Waals surface area (Å²) < 4.78 is 0. The van der Waals surface area contributed by atoms with E-state index in [2.05, 4.69) is 29.7 Å². The molecule has 3 aliphatic rings. The molecular formula is C34H38N4O3. The number of nitrogens with zero attached hydrogens (tertiary/aromatic N) is 1. The van der Waals surface area contributed by atoms with E-state index < -0.39 is 17.7 Å². The van der Waals surface area contributed by atoms with Gasteiger partial charge in [-0.15, -0.1) is 0 Å². The SMILES string of the molecule is CCC[C@H](c1cccc(C(=O)N[C@@H]2c3ccccc3C[C@H]2O)c1)N1C(=N)N[C@@](CC2CC2)(c2ccccc2)CC1=O. The molecule has 3 aromatic carbocycles. The van der Waals surface area contributed by atoms with Crippen molar-refractivity contribution in [2.75, 3.05) is 0 Å². The summed E-state index contributed by atoms with van der Waals surface area (Å²) in [5.41, 5.74) is 3.75. The fourth-order valence-electron chi connectivity index (χ4n) is 6.69. The summed E-state index contributed by atoms with van der Waals surface area (Å²) in [5, 5.41) is 26.2. The van der Waals surface area contributed by atoms with Crippen molar-refractivity contribution in [2.45, 2.75) is 75.6 Å². The number of carbonyl (C=O) groups is 2. The molecule has 3 aromatic rings. The molecule has 1 saturated carbocycles. The molecule has 212 valence electrons. The highest BCUT2D eigenvalue weighted by atomic mass is 16.3. The summed E-state index contributed by atoms with van der Waals surface area (Å²) in [6, 6.07) is 24.4. The number of rotatable bonds is 9. The van der Waals surface area contributed by atoms with Crippen LogP contribution in [-0.2, 0) is 16.8 Å². The van der Waals surface area contributed by atoms with Gasteiger partial charge in [0.05, 0.1) is 30.1 Å². The first kappa shape index (κ1) is 27.2. The molecule has 2 amide bonds. The van der Waals surface area contributed by atoms with Gasteiger partial charge in [-0.05, 0) is 53.1 Å². The van der Waals surface area contributed by atoms with Crippen molar-refractivity contribution in [3.8, 4) is 0 Å². The van der Waals surface area contributed by atoms with Crippen LogP contribution in [-0.4, -0.2) is 33.9 Å². The van der Waals surface area contributed by atoms with Gasteiger partial charge in [0, 0.05) is 12.0 Å². The fourth-order valence-corrected chi connectivity index (χ4v) is 6.69. The predicted molar refractivity (Wildman–Crippen MR) is 158 cm³/mol. The highest BCUT2D eigenvalue weighted by Crippen LogP contribution is 2.45. The number of benzene rings is 3. The Balaban J connectivity index is 1.25. The smallest absolute Gasteiger partial charge is 0.251 e. The third-order valence-electron chi connectivity index (χ3n) is 8.88. The first-order valence-electron chi connectivity index (χ1n) is 14.8. The number of fused-ring (bicyclic) bond motifs is 1. The highest BCUT2D eigenvalue weighted by Gasteiger charge is 2.47. The average Bonchev–Trinajstić information content (AvgIpc) is 3.73. The van der Waals surface area contributed by atoms with Gasteiger partial charge in [0.15, 0.2) is 5.96 Å². The summed E-state index contributed by atoms with van der Waals surface area (Å²) in [5.74, 6) is 0.345. The van der Waals surface area contributed by atoms with Crippen LogP contribution >= 0.6 is 0 Å². The van der Waals surface area contributed by atoms with E-state index in [0.717, 1.165) is 47.9 Å². The number of hydrogen-bond donors (Lipinski definition) is 4. The van der Waals surface area contributed by atoms with E-state index in [0.29, 0.717) is 24.3 Å². The molecule has 1 saturated heterocycles. The molecule has 7 heteroatoms. The Morgan fingerprint density at radius 1 is 1.10 bits per heavy atom. The van der Waals surface area contributed by atoms with Crippen molar-refractivity contribution < 1.29 is 14.7 Å². The predicted octanol–water partition coefficient (Wildman–Crippen LogP) is 5.37. The summed E-state index contributed by atoms with van der Waals surface area (Å²) in [7, 11) is 0. The standard InChI is InChI=1S/C34H38N4O3/c1-2-9-28(38-30(40)21-34(37-33(38)35,20-22-16-17-22)26-13-4-3-5-14-26)24-11-8-12-25(18-24)32(41)36-31-27-15-7-6-10-23(27)19-29(31)39/h3-8,10-15,18,22,28-29,31,39H,2,9,16-17,19-21H2,1H3,(H2,35,37)(H,36,41)/t28-,29-,31-,34-/m1/s1. The molecule has 0 aromatic heterocycles. The molecule has 1 heterocycles. The number of aliphatic hydroxyl groups is 1. The monoisotopic (exact) mass is 550 g/mol. The van der Waals surface area contributed by atoms with Crippen LogP contribution in [0.5, 0.6) is 0 Å². The molecule has 0 unspecified atom stereocenters. The molecule has 2 aliphatic carbocycles. The zero-order valence-electron chi connectivity index (χ0n) is 23.5. The molecule has 0 bridgehead atoms. The van der Waals surface area contributed by atoms with Gasteiger partial charge in [-0.3, -0.25) is 19.9 Å². The lowest BCUT2D eigenvalue weighted by molar-refractivity contribution is -0.133. The minimum Gasteiger partial charge on any atom is -0.390 e. The van der Waals surface area contributed by atoms with Crippen molar-refractivity contribution in [1.29, 1.82) is 5.41 Å². The van der Waals surface area contributed by atoms with Gasteiger partial charge in [-0.2, -0.15) is 0 Å². The maximum atomic E-state index is 13.9. The van der Waals surface area contributed by atoms with Crippen LogP contribution in [0.4, 0.5) is 0 Å². The Kier molecular flexibility index (Phi) is 7.39. The largest absolute Gasteiger partial charge is 0.390 e. The number of hydrogen-bond acceptors (Lipinski definition) is 4. The maximum Gasteiger partial charge on any atom is 0.251 e. The normalized spacial score (nSPS) is 24.5. The first-order valence-corrected chi connectivity index (χ1v) is 14.8. The molecular weight excluding hydrogens is 512 g/mol. The van der Waals surface area contributed by atoms with Crippen LogP contribution < -0.4 is 10.6 Å². The molecule has 0 radical (unpaired) electrons. The number of amides is 2. The minimum absolute atomic E-state index is 0.0720. The molecule has 4 atom stereocenters. The molecule has 2 fully saturated rings. The van der Waals surface area contributed by atoms with Gasteiger partial charge in [-0.25, -0.2) is 0 Å². The van der Waals surface area contributed by atoms with E-state index in [-0.39, 0.29) is 30.2 Å². The maximum absolute atomic E-state index is 13.9. The van der Waals surface area contributed by atoms with Gasteiger partial charge in [0.2, 0.25) is 5.91 Å². The number of guanidine groups is 1. The van der Waals surface area contributed by atoms with Crippen LogP contribution in [0.2, 0.25) is 0 Å². The van der Waals surface area contributed by atoms with Crippen LogP contribution in [0.1, 0.15) is 90.1 Å². The molecule has 7 nitrogen and oxygen atoms in total. The lowest BCUT2D eigenvalue weighted by Gasteiger charge is -2.46. The molecule has 0 spiro atoms. The Bertz CT molecular complexity index is 1430. The number of carbonyl (C=O) groups excluding carboxylic acids is 2. The summed E-state index contributed by atoms with van der Waals surface area (Å²) in [6.07, 6.45) is 4.77. The molecule has 4 N–H and O–H groups in total. The summed E-state index contributed by atoms with van der Waals surface area (Å²) >= 11 is 0. The van der Waals surface area contributed by atoms with E-state index in [4.69, 9.17) is 5.41 Å². The van der Waals surface area contributed by atoms with Crippen LogP contribution in [0, 0.1) is 11.3 Å². The summed E-state index contributed by atoms with van der Waals surface area (Å²) in [6.45, 7) is 2.06. The highest BCUT2D eigenvalue weighted by molar-refractivity contribution is 6.00. The van der Waals surface area contributed by atoms with E-state index in [1.54, 1.807) is 11.0 Å². The third-order valence-corrected chi connectivity index (χ3v) is 8.88. The van der Waals surface area contributed by atoms with Crippen molar-refractivity contribution in [3.05, 3.63) is 107 Å². The van der Waals surface area contributed by atoms with Gasteiger partial charge in [-0.1, -0.05) is 92.9 Å². The van der Waals surface area contributed by atoms with E-state index in [1.807, 2.05) is 60.7 Å². The molecule has 41 heavy (non-hydrogen) atoms. The molecule has 1 aliphatic heterocycles. The second kappa shape index (κ2) is 11.1. The van der Waals surface area contributed by atoms with Crippen LogP contribution in [0.25, 0.3) is 0 Å². The lowest BCUT2D eigenvalue weighted by Crippen LogP contribution is -2.61. The first-order chi connectivity index (χ1) is 19.9. The second-order valence-electron chi connectivity index (χ2n) is 11.9. The van der Waals surface area contributed by atoms with Crippen LogP contribution in [0.15, 0.2) is 78.9 Å². The van der Waals surface area contributed by atoms with E-state index in [1.165, 1.54) is 0 Å².